The lowest BCUT2D eigenvalue weighted by Gasteiger charge is -2.49. The minimum absolute atomic E-state index is 0.428. The number of piperazine rings is 1. The molecule has 2 heteroatoms. The van der Waals surface area contributed by atoms with Gasteiger partial charge in [-0.2, -0.15) is 0 Å². The van der Waals surface area contributed by atoms with Crippen LogP contribution in [0.2, 0.25) is 0 Å². The Labute approximate surface area is 129 Å². The zero-order chi connectivity index (χ0) is 14.7. The molecule has 116 valence electrons. The summed E-state index contributed by atoms with van der Waals surface area (Å²) in [4.78, 5) is 2.73. The molecule has 1 unspecified atom stereocenters. The second-order valence-electron chi connectivity index (χ2n) is 7.28. The van der Waals surface area contributed by atoms with Crippen molar-refractivity contribution in [3.8, 4) is 0 Å². The highest BCUT2D eigenvalue weighted by atomic mass is 15.2. The molecule has 0 bridgehead atoms. The van der Waals surface area contributed by atoms with E-state index in [1.54, 1.807) is 0 Å². The first kappa shape index (κ1) is 15.1. The van der Waals surface area contributed by atoms with E-state index < -0.39 is 0 Å². The minimum atomic E-state index is 0.428. The maximum Gasteiger partial charge on any atom is 0.0309 e. The van der Waals surface area contributed by atoms with Gasteiger partial charge in [-0.05, 0) is 38.7 Å². The van der Waals surface area contributed by atoms with Crippen LogP contribution in [0.1, 0.15) is 50.2 Å². The standard InChI is InChI=1S/C19H30N2/c1-16-7-6-8-18(13-16)9-12-21-15-19(20-14-17(21)2)10-4-3-5-11-19/h6-8,13,17,20H,3-5,9-12,14-15H2,1-2H3. The lowest BCUT2D eigenvalue weighted by atomic mass is 9.79. The molecule has 1 heterocycles. The first-order valence-electron chi connectivity index (χ1n) is 8.72. The van der Waals surface area contributed by atoms with Crippen LogP contribution in [0.3, 0.4) is 0 Å². The van der Waals surface area contributed by atoms with E-state index in [1.165, 1.54) is 62.7 Å². The van der Waals surface area contributed by atoms with Crippen molar-refractivity contribution in [1.82, 2.24) is 10.2 Å². The zero-order valence-corrected chi connectivity index (χ0v) is 13.7. The van der Waals surface area contributed by atoms with Gasteiger partial charge in [0.2, 0.25) is 0 Å². The maximum absolute atomic E-state index is 3.88. The third kappa shape index (κ3) is 3.67. The Morgan fingerprint density at radius 1 is 1.24 bits per heavy atom. The van der Waals surface area contributed by atoms with E-state index >= 15 is 0 Å². The Balaban J connectivity index is 1.60. The van der Waals surface area contributed by atoms with Crippen LogP contribution < -0.4 is 5.32 Å². The lowest BCUT2D eigenvalue weighted by molar-refractivity contribution is 0.0637. The van der Waals surface area contributed by atoms with E-state index in [2.05, 4.69) is 48.3 Å². The van der Waals surface area contributed by atoms with Crippen molar-refractivity contribution in [2.75, 3.05) is 19.6 Å². The highest BCUT2D eigenvalue weighted by Gasteiger charge is 2.38. The molecule has 0 aromatic heterocycles. The molecule has 1 saturated carbocycles. The molecular formula is C19H30N2. The van der Waals surface area contributed by atoms with Crippen LogP contribution in [-0.4, -0.2) is 36.1 Å². The second-order valence-corrected chi connectivity index (χ2v) is 7.28. The fourth-order valence-corrected chi connectivity index (χ4v) is 4.10. The highest BCUT2D eigenvalue weighted by molar-refractivity contribution is 5.22. The van der Waals surface area contributed by atoms with Crippen molar-refractivity contribution in [3.63, 3.8) is 0 Å². The summed E-state index contributed by atoms with van der Waals surface area (Å²) in [5, 5.41) is 3.88. The fourth-order valence-electron chi connectivity index (χ4n) is 4.10. The average molecular weight is 286 g/mol. The summed E-state index contributed by atoms with van der Waals surface area (Å²) in [6, 6.07) is 9.66. The molecular weight excluding hydrogens is 256 g/mol. The number of nitrogens with zero attached hydrogens (tertiary/aromatic N) is 1. The van der Waals surface area contributed by atoms with Crippen LogP contribution in [0.25, 0.3) is 0 Å². The van der Waals surface area contributed by atoms with Crippen LogP contribution >= 0.6 is 0 Å². The van der Waals surface area contributed by atoms with Gasteiger partial charge in [0.05, 0.1) is 0 Å². The molecule has 1 aliphatic carbocycles. The summed E-state index contributed by atoms with van der Waals surface area (Å²) in [6.45, 7) is 8.18. The molecule has 21 heavy (non-hydrogen) atoms. The Hall–Kier alpha value is -0.860. The van der Waals surface area contributed by atoms with Gasteiger partial charge in [0.1, 0.15) is 0 Å². The maximum atomic E-state index is 3.88. The monoisotopic (exact) mass is 286 g/mol. The van der Waals surface area contributed by atoms with Crippen molar-refractivity contribution < 1.29 is 0 Å². The number of aryl methyl sites for hydroxylation is 1. The van der Waals surface area contributed by atoms with Crippen molar-refractivity contribution in [1.29, 1.82) is 0 Å². The smallest absolute Gasteiger partial charge is 0.0309 e. The van der Waals surface area contributed by atoms with E-state index in [0.717, 1.165) is 6.54 Å². The average Bonchev–Trinajstić information content (AvgIpc) is 2.50. The molecule has 2 aliphatic rings. The molecule has 1 N–H and O–H groups in total. The summed E-state index contributed by atoms with van der Waals surface area (Å²) in [5.74, 6) is 0. The van der Waals surface area contributed by atoms with E-state index in [9.17, 15) is 0 Å². The third-order valence-corrected chi connectivity index (χ3v) is 5.48. The molecule has 0 radical (unpaired) electrons. The number of nitrogens with one attached hydrogen (secondary N) is 1. The first-order chi connectivity index (χ1) is 10.2. The van der Waals surface area contributed by atoms with Crippen LogP contribution in [0.5, 0.6) is 0 Å². The molecule has 1 spiro atoms. The predicted octanol–water partition coefficient (Wildman–Crippen LogP) is 3.53. The molecule has 1 atom stereocenters. The molecule has 1 saturated heterocycles. The van der Waals surface area contributed by atoms with Gasteiger partial charge in [-0.3, -0.25) is 4.90 Å². The van der Waals surface area contributed by atoms with Gasteiger partial charge in [-0.25, -0.2) is 0 Å². The van der Waals surface area contributed by atoms with Crippen molar-refractivity contribution in [2.24, 2.45) is 0 Å². The summed E-state index contributed by atoms with van der Waals surface area (Å²) in [5.41, 5.74) is 3.29. The minimum Gasteiger partial charge on any atom is -0.308 e. The van der Waals surface area contributed by atoms with Gasteiger partial charge in [-0.15, -0.1) is 0 Å². The van der Waals surface area contributed by atoms with E-state index in [-0.39, 0.29) is 0 Å². The van der Waals surface area contributed by atoms with Gasteiger partial charge in [-0.1, -0.05) is 49.1 Å². The van der Waals surface area contributed by atoms with Crippen LogP contribution in [-0.2, 0) is 6.42 Å². The van der Waals surface area contributed by atoms with Gasteiger partial charge in [0.15, 0.2) is 0 Å². The molecule has 1 aromatic rings. The van der Waals surface area contributed by atoms with Gasteiger partial charge >= 0.3 is 0 Å². The van der Waals surface area contributed by atoms with Crippen molar-refractivity contribution in [2.45, 2.75) is 64.0 Å². The van der Waals surface area contributed by atoms with Crippen LogP contribution in [0.4, 0.5) is 0 Å². The van der Waals surface area contributed by atoms with Gasteiger partial charge < -0.3 is 5.32 Å². The number of benzene rings is 1. The Morgan fingerprint density at radius 2 is 2.05 bits per heavy atom. The second kappa shape index (κ2) is 6.50. The quantitative estimate of drug-likeness (QED) is 0.914. The van der Waals surface area contributed by atoms with Crippen molar-refractivity contribution in [3.05, 3.63) is 35.4 Å². The van der Waals surface area contributed by atoms with E-state index in [1.807, 2.05) is 0 Å². The summed E-state index contributed by atoms with van der Waals surface area (Å²) in [7, 11) is 0. The zero-order valence-electron chi connectivity index (χ0n) is 13.7. The molecule has 2 nitrogen and oxygen atoms in total. The Morgan fingerprint density at radius 3 is 2.81 bits per heavy atom. The number of rotatable bonds is 3. The normalized spacial score (nSPS) is 26.1. The first-order valence-corrected chi connectivity index (χ1v) is 8.72. The summed E-state index contributed by atoms with van der Waals surface area (Å²) < 4.78 is 0. The SMILES string of the molecule is Cc1cccc(CCN2CC3(CCCCC3)NCC2C)c1. The van der Waals surface area contributed by atoms with Crippen LogP contribution in [0.15, 0.2) is 24.3 Å². The summed E-state index contributed by atoms with van der Waals surface area (Å²) in [6.07, 6.45) is 8.19. The topological polar surface area (TPSA) is 15.3 Å². The van der Waals surface area contributed by atoms with E-state index in [4.69, 9.17) is 0 Å². The Bertz CT molecular complexity index is 462. The largest absolute Gasteiger partial charge is 0.308 e. The predicted molar refractivity (Wildman–Crippen MR) is 89.7 cm³/mol. The Kier molecular flexibility index (Phi) is 4.66. The fraction of sp³-hybridized carbons (Fsp3) is 0.684. The third-order valence-electron chi connectivity index (χ3n) is 5.48. The molecule has 3 rings (SSSR count). The lowest BCUT2D eigenvalue weighted by Crippen LogP contribution is -2.64. The molecule has 2 fully saturated rings. The van der Waals surface area contributed by atoms with Crippen molar-refractivity contribution >= 4 is 0 Å². The molecule has 1 aromatic carbocycles. The van der Waals surface area contributed by atoms with E-state index in [0.29, 0.717) is 11.6 Å². The van der Waals surface area contributed by atoms with Gasteiger partial charge in [0.25, 0.3) is 0 Å². The van der Waals surface area contributed by atoms with Gasteiger partial charge in [0, 0.05) is 31.2 Å². The highest BCUT2D eigenvalue weighted by Crippen LogP contribution is 2.31. The molecule has 0 amide bonds. The number of hydrogen-bond donors (Lipinski definition) is 1. The molecule has 1 aliphatic heterocycles. The number of hydrogen-bond acceptors (Lipinski definition) is 2. The summed E-state index contributed by atoms with van der Waals surface area (Å²) >= 11 is 0. The van der Waals surface area contributed by atoms with Crippen LogP contribution in [0, 0.1) is 6.92 Å².